The Kier molecular flexibility index (Phi) is 4.39. The molecule has 0 bridgehead atoms. The number of rotatable bonds is 4. The van der Waals surface area contributed by atoms with Gasteiger partial charge in [0.05, 0.1) is 11.8 Å². The van der Waals surface area contributed by atoms with E-state index in [-0.39, 0.29) is 5.91 Å². The third-order valence-electron chi connectivity index (χ3n) is 2.85. The number of halogens is 1. The van der Waals surface area contributed by atoms with Gasteiger partial charge in [-0.15, -0.1) is 0 Å². The molecule has 0 aliphatic rings. The van der Waals surface area contributed by atoms with Crippen LogP contribution in [0.1, 0.15) is 15.9 Å². The number of hydrogen-bond acceptors (Lipinski definition) is 4. The molecule has 1 N–H and O–H groups in total. The van der Waals surface area contributed by atoms with E-state index < -0.39 is 0 Å². The second-order valence-electron chi connectivity index (χ2n) is 4.48. The summed E-state index contributed by atoms with van der Waals surface area (Å²) >= 11 is 3.34. The maximum Gasteiger partial charge on any atom is 0.257 e. The Labute approximate surface area is 125 Å². The Bertz CT molecular complexity index is 625. The molecule has 0 saturated heterocycles. The molecule has 0 fully saturated rings. The van der Waals surface area contributed by atoms with E-state index >= 15 is 0 Å². The van der Waals surface area contributed by atoms with Crippen molar-refractivity contribution in [3.05, 3.63) is 40.3 Å². The number of aryl methyl sites for hydroxylation is 1. The molecular formula is C13H16BrN5O. The van der Waals surface area contributed by atoms with Crippen molar-refractivity contribution in [1.82, 2.24) is 19.7 Å². The van der Waals surface area contributed by atoms with Crippen molar-refractivity contribution in [2.45, 2.75) is 6.54 Å². The first-order chi connectivity index (χ1) is 9.51. The van der Waals surface area contributed by atoms with Gasteiger partial charge >= 0.3 is 0 Å². The number of pyridine rings is 1. The Hall–Kier alpha value is -1.89. The van der Waals surface area contributed by atoms with E-state index in [1.54, 1.807) is 42.1 Å². The largest absolute Gasteiger partial charge is 0.372 e. The fourth-order valence-corrected chi connectivity index (χ4v) is 2.24. The summed E-state index contributed by atoms with van der Waals surface area (Å²) in [5.41, 5.74) is 1.52. The van der Waals surface area contributed by atoms with E-state index in [1.807, 2.05) is 13.2 Å². The maximum absolute atomic E-state index is 12.5. The Balaban J connectivity index is 2.20. The van der Waals surface area contributed by atoms with Gasteiger partial charge in [0.2, 0.25) is 0 Å². The van der Waals surface area contributed by atoms with Gasteiger partial charge in [-0.1, -0.05) is 0 Å². The molecule has 106 valence electrons. The fraction of sp³-hybridized carbons (Fsp3) is 0.308. The molecule has 0 unspecified atom stereocenters. The molecule has 2 aromatic rings. The highest BCUT2D eigenvalue weighted by molar-refractivity contribution is 9.10. The van der Waals surface area contributed by atoms with Gasteiger partial charge in [0.15, 0.2) is 0 Å². The summed E-state index contributed by atoms with van der Waals surface area (Å²) in [5.74, 6) is 0.475. The molecule has 20 heavy (non-hydrogen) atoms. The summed E-state index contributed by atoms with van der Waals surface area (Å²) in [7, 11) is 5.35. The minimum atomic E-state index is -0.0907. The molecular weight excluding hydrogens is 322 g/mol. The minimum Gasteiger partial charge on any atom is -0.372 e. The van der Waals surface area contributed by atoms with Crippen LogP contribution in [0.2, 0.25) is 0 Å². The van der Waals surface area contributed by atoms with Crippen LogP contribution in [0.15, 0.2) is 29.1 Å². The molecule has 2 heterocycles. The lowest BCUT2D eigenvalue weighted by Crippen LogP contribution is -2.27. The summed E-state index contributed by atoms with van der Waals surface area (Å²) in [4.78, 5) is 18.3. The van der Waals surface area contributed by atoms with Crippen molar-refractivity contribution in [3.63, 3.8) is 0 Å². The molecule has 0 saturated carbocycles. The topological polar surface area (TPSA) is 63.1 Å². The lowest BCUT2D eigenvalue weighted by molar-refractivity contribution is 0.0785. The molecule has 7 heteroatoms. The molecule has 0 radical (unpaired) electrons. The van der Waals surface area contributed by atoms with Crippen LogP contribution >= 0.6 is 15.9 Å². The van der Waals surface area contributed by atoms with Crippen molar-refractivity contribution < 1.29 is 4.79 Å². The monoisotopic (exact) mass is 337 g/mol. The Morgan fingerprint density at radius 1 is 1.50 bits per heavy atom. The summed E-state index contributed by atoms with van der Waals surface area (Å²) in [6.45, 7) is 0.502. The predicted octanol–water partition coefficient (Wildman–Crippen LogP) is 1.89. The minimum absolute atomic E-state index is 0.0907. The zero-order valence-corrected chi connectivity index (χ0v) is 13.2. The van der Waals surface area contributed by atoms with Gasteiger partial charge in [0, 0.05) is 50.1 Å². The smallest absolute Gasteiger partial charge is 0.257 e. The molecule has 2 aromatic heterocycles. The molecule has 2 rings (SSSR count). The summed E-state index contributed by atoms with van der Waals surface area (Å²) < 4.78 is 2.49. The normalized spacial score (nSPS) is 10.4. The van der Waals surface area contributed by atoms with Crippen LogP contribution in [0.25, 0.3) is 0 Å². The van der Waals surface area contributed by atoms with Crippen molar-refractivity contribution in [2.24, 2.45) is 7.05 Å². The van der Waals surface area contributed by atoms with Gasteiger partial charge in [0.1, 0.15) is 5.82 Å². The van der Waals surface area contributed by atoms with Gasteiger partial charge in [-0.2, -0.15) is 5.10 Å². The van der Waals surface area contributed by atoms with Crippen molar-refractivity contribution in [2.75, 3.05) is 19.4 Å². The van der Waals surface area contributed by atoms with Gasteiger partial charge < -0.3 is 10.2 Å². The van der Waals surface area contributed by atoms with Crippen LogP contribution < -0.4 is 5.32 Å². The first-order valence-corrected chi connectivity index (χ1v) is 6.87. The molecule has 0 atom stereocenters. The van der Waals surface area contributed by atoms with Gasteiger partial charge in [-0.05, 0) is 22.0 Å². The first-order valence-electron chi connectivity index (χ1n) is 6.07. The average Bonchev–Trinajstić information content (AvgIpc) is 2.83. The predicted molar refractivity (Wildman–Crippen MR) is 80.5 cm³/mol. The number of hydrogen-bond donors (Lipinski definition) is 1. The maximum atomic E-state index is 12.5. The van der Waals surface area contributed by atoms with E-state index in [2.05, 4.69) is 31.3 Å². The zero-order chi connectivity index (χ0) is 14.7. The van der Waals surface area contributed by atoms with Crippen molar-refractivity contribution in [3.8, 4) is 0 Å². The summed E-state index contributed by atoms with van der Waals surface area (Å²) in [6, 6.07) is 1.76. The van der Waals surface area contributed by atoms with E-state index in [1.165, 1.54) is 0 Å². The number of carbonyl (C=O) groups excluding carboxylic acids is 1. The van der Waals surface area contributed by atoms with Crippen LogP contribution in [0.4, 0.5) is 5.82 Å². The van der Waals surface area contributed by atoms with Gasteiger partial charge in [0.25, 0.3) is 5.91 Å². The van der Waals surface area contributed by atoms with E-state index in [9.17, 15) is 4.79 Å². The van der Waals surface area contributed by atoms with Crippen LogP contribution in [0.5, 0.6) is 0 Å². The Morgan fingerprint density at radius 3 is 2.85 bits per heavy atom. The SMILES string of the molecule is CNc1ncc(Br)cc1C(=O)N(C)Cc1cnn(C)c1. The zero-order valence-electron chi connectivity index (χ0n) is 11.6. The third kappa shape index (κ3) is 3.16. The highest BCUT2D eigenvalue weighted by atomic mass is 79.9. The highest BCUT2D eigenvalue weighted by Gasteiger charge is 2.17. The molecule has 0 aliphatic carbocycles. The lowest BCUT2D eigenvalue weighted by Gasteiger charge is -2.18. The molecule has 1 amide bonds. The van der Waals surface area contributed by atoms with E-state index in [4.69, 9.17) is 0 Å². The second-order valence-corrected chi connectivity index (χ2v) is 5.40. The standard InChI is InChI=1S/C13H16BrN5O/c1-15-12-11(4-10(14)6-16-12)13(20)18(2)7-9-5-17-19(3)8-9/h4-6,8H,7H2,1-3H3,(H,15,16). The van der Waals surface area contributed by atoms with E-state index in [0.717, 1.165) is 10.0 Å². The molecule has 0 spiro atoms. The third-order valence-corrected chi connectivity index (χ3v) is 3.28. The quantitative estimate of drug-likeness (QED) is 0.925. The second kappa shape index (κ2) is 6.04. The first kappa shape index (κ1) is 14.5. The number of anilines is 1. The van der Waals surface area contributed by atoms with Gasteiger partial charge in [-0.3, -0.25) is 9.48 Å². The van der Waals surface area contributed by atoms with Gasteiger partial charge in [-0.25, -0.2) is 4.98 Å². The molecule has 0 aromatic carbocycles. The molecule has 6 nitrogen and oxygen atoms in total. The Morgan fingerprint density at radius 2 is 2.25 bits per heavy atom. The number of carbonyl (C=O) groups is 1. The number of nitrogens with zero attached hydrogens (tertiary/aromatic N) is 4. The highest BCUT2D eigenvalue weighted by Crippen LogP contribution is 2.19. The fourth-order valence-electron chi connectivity index (χ4n) is 1.91. The lowest BCUT2D eigenvalue weighted by atomic mass is 10.2. The summed E-state index contributed by atoms with van der Waals surface area (Å²) in [6.07, 6.45) is 5.30. The number of amides is 1. The van der Waals surface area contributed by atoms with Crippen LogP contribution in [-0.2, 0) is 13.6 Å². The van der Waals surface area contributed by atoms with Crippen molar-refractivity contribution >= 4 is 27.7 Å². The van der Waals surface area contributed by atoms with Crippen LogP contribution in [0, 0.1) is 0 Å². The average molecular weight is 338 g/mol. The van der Waals surface area contributed by atoms with Crippen LogP contribution in [0.3, 0.4) is 0 Å². The number of nitrogens with one attached hydrogen (secondary N) is 1. The summed E-state index contributed by atoms with van der Waals surface area (Å²) in [5, 5.41) is 7.03. The number of aromatic nitrogens is 3. The van der Waals surface area contributed by atoms with Crippen LogP contribution in [-0.4, -0.2) is 39.7 Å². The van der Waals surface area contributed by atoms with E-state index in [0.29, 0.717) is 17.9 Å². The molecule has 0 aliphatic heterocycles. The van der Waals surface area contributed by atoms with Crippen molar-refractivity contribution in [1.29, 1.82) is 0 Å².